The fourth-order valence-electron chi connectivity index (χ4n) is 0.783. The largest absolute Gasteiger partial charge is 0.479 e. The van der Waals surface area contributed by atoms with Gasteiger partial charge in [0.2, 0.25) is 4.33 Å². The third-order valence-corrected chi connectivity index (χ3v) is 2.49. The lowest BCUT2D eigenvalue weighted by Crippen LogP contribution is -2.22. The van der Waals surface area contributed by atoms with Crippen molar-refractivity contribution in [2.45, 2.75) is 4.33 Å². The molecule has 70 valence electrons. The van der Waals surface area contributed by atoms with Gasteiger partial charge in [-0.2, -0.15) is 0 Å². The number of hydrogen-bond acceptors (Lipinski definition) is 1. The zero-order chi connectivity index (χ0) is 10.1. The van der Waals surface area contributed by atoms with E-state index in [-0.39, 0.29) is 5.56 Å². The molecule has 2 nitrogen and oxygen atoms in total. The topological polar surface area (TPSA) is 37.3 Å². The van der Waals surface area contributed by atoms with Crippen LogP contribution in [0.15, 0.2) is 24.3 Å². The molecule has 1 aromatic rings. The number of rotatable bonds is 2. The maximum absolute atomic E-state index is 10.6. The molecule has 0 aromatic heterocycles. The molecule has 0 radical (unpaired) electrons. The van der Waals surface area contributed by atoms with Crippen molar-refractivity contribution in [1.29, 1.82) is 0 Å². The SMILES string of the molecule is O=C(O)C(Cl)(Cl)c1ccc(Cl)cc1. The Labute approximate surface area is 90.0 Å². The van der Waals surface area contributed by atoms with Gasteiger partial charge in [0.15, 0.2) is 0 Å². The highest BCUT2D eigenvalue weighted by molar-refractivity contribution is 6.56. The summed E-state index contributed by atoms with van der Waals surface area (Å²) in [5.74, 6) is -1.31. The van der Waals surface area contributed by atoms with E-state index in [1.807, 2.05) is 0 Å². The number of carbonyl (C=O) groups is 1. The highest BCUT2D eigenvalue weighted by Crippen LogP contribution is 2.34. The maximum atomic E-state index is 10.6. The molecular formula is C8H5Cl3O2. The molecule has 0 fully saturated rings. The maximum Gasteiger partial charge on any atom is 0.344 e. The van der Waals surface area contributed by atoms with Gasteiger partial charge in [0.1, 0.15) is 0 Å². The van der Waals surface area contributed by atoms with Crippen LogP contribution in [0.2, 0.25) is 5.02 Å². The summed E-state index contributed by atoms with van der Waals surface area (Å²) in [4.78, 5) is 10.6. The lowest BCUT2D eigenvalue weighted by Gasteiger charge is -2.13. The summed E-state index contributed by atoms with van der Waals surface area (Å²) in [6, 6.07) is 5.99. The Bertz CT molecular complexity index is 319. The first-order valence-electron chi connectivity index (χ1n) is 3.32. The quantitative estimate of drug-likeness (QED) is 0.806. The zero-order valence-corrected chi connectivity index (χ0v) is 8.57. The molecule has 0 aliphatic heterocycles. The van der Waals surface area contributed by atoms with E-state index in [1.165, 1.54) is 24.3 Å². The van der Waals surface area contributed by atoms with Crippen molar-refractivity contribution in [3.05, 3.63) is 34.9 Å². The van der Waals surface area contributed by atoms with Crippen LogP contribution >= 0.6 is 34.8 Å². The van der Waals surface area contributed by atoms with Gasteiger partial charge in [-0.15, -0.1) is 0 Å². The van der Waals surface area contributed by atoms with Crippen molar-refractivity contribution in [3.8, 4) is 0 Å². The summed E-state index contributed by atoms with van der Waals surface area (Å²) in [5.41, 5.74) is 0.285. The molecule has 0 saturated heterocycles. The van der Waals surface area contributed by atoms with Gasteiger partial charge in [0, 0.05) is 5.02 Å². The standard InChI is InChI=1S/C8H5Cl3O2/c9-6-3-1-5(2-4-6)8(10,11)7(12)13/h1-4H,(H,12,13). The fourth-order valence-corrected chi connectivity index (χ4v) is 1.16. The number of carboxylic acid groups (broad SMARTS) is 1. The van der Waals surface area contributed by atoms with Gasteiger partial charge in [0.05, 0.1) is 0 Å². The predicted molar refractivity (Wildman–Crippen MR) is 52.5 cm³/mol. The first-order chi connectivity index (χ1) is 5.94. The van der Waals surface area contributed by atoms with Crippen molar-refractivity contribution in [1.82, 2.24) is 0 Å². The van der Waals surface area contributed by atoms with Crippen LogP contribution < -0.4 is 0 Å². The molecule has 1 rings (SSSR count). The average Bonchev–Trinajstić information content (AvgIpc) is 2.04. The number of benzene rings is 1. The first kappa shape index (κ1) is 10.6. The van der Waals surface area contributed by atoms with E-state index < -0.39 is 10.3 Å². The number of hydrogen-bond donors (Lipinski definition) is 1. The number of aliphatic carboxylic acids is 1. The Kier molecular flexibility index (Phi) is 3.06. The van der Waals surface area contributed by atoms with E-state index in [0.717, 1.165) is 0 Å². The van der Waals surface area contributed by atoms with Crippen molar-refractivity contribution in [3.63, 3.8) is 0 Å². The van der Waals surface area contributed by atoms with Crippen LogP contribution in [0.5, 0.6) is 0 Å². The summed E-state index contributed by atoms with van der Waals surface area (Å²) in [5, 5.41) is 9.17. The second kappa shape index (κ2) is 3.74. The van der Waals surface area contributed by atoms with Crippen molar-refractivity contribution in [2.75, 3.05) is 0 Å². The van der Waals surface area contributed by atoms with Crippen molar-refractivity contribution < 1.29 is 9.90 Å². The second-order valence-electron chi connectivity index (χ2n) is 2.39. The van der Waals surface area contributed by atoms with Gasteiger partial charge in [0.25, 0.3) is 0 Å². The molecule has 0 amide bonds. The molecule has 0 bridgehead atoms. The minimum Gasteiger partial charge on any atom is -0.479 e. The smallest absolute Gasteiger partial charge is 0.344 e. The monoisotopic (exact) mass is 238 g/mol. The van der Waals surface area contributed by atoms with Crippen LogP contribution in [0.4, 0.5) is 0 Å². The molecular weight excluding hydrogens is 234 g/mol. The lowest BCUT2D eigenvalue weighted by atomic mass is 10.1. The van der Waals surface area contributed by atoms with Gasteiger partial charge in [-0.3, -0.25) is 0 Å². The third kappa shape index (κ3) is 2.27. The molecule has 1 aromatic carbocycles. The molecule has 0 spiro atoms. The Morgan fingerprint density at radius 1 is 1.23 bits per heavy atom. The van der Waals surface area contributed by atoms with Crippen LogP contribution in [-0.4, -0.2) is 11.1 Å². The molecule has 0 saturated carbocycles. The Balaban J connectivity index is 3.08. The van der Waals surface area contributed by atoms with Gasteiger partial charge in [-0.05, 0) is 17.7 Å². The summed E-state index contributed by atoms with van der Waals surface area (Å²) >= 11 is 16.8. The summed E-state index contributed by atoms with van der Waals surface area (Å²) in [6.07, 6.45) is 0. The van der Waals surface area contributed by atoms with Crippen LogP contribution in [-0.2, 0) is 9.13 Å². The molecule has 0 aliphatic carbocycles. The normalized spacial score (nSPS) is 11.3. The van der Waals surface area contributed by atoms with E-state index in [4.69, 9.17) is 39.9 Å². The minimum absolute atomic E-state index is 0.285. The molecule has 13 heavy (non-hydrogen) atoms. The predicted octanol–water partition coefficient (Wildman–Crippen LogP) is 3.06. The summed E-state index contributed by atoms with van der Waals surface area (Å²) < 4.78 is -1.91. The van der Waals surface area contributed by atoms with Crippen molar-refractivity contribution >= 4 is 40.8 Å². The Hall–Kier alpha value is -0.440. The van der Waals surface area contributed by atoms with Crippen LogP contribution in [0.3, 0.4) is 0 Å². The zero-order valence-electron chi connectivity index (χ0n) is 6.30. The molecule has 5 heteroatoms. The van der Waals surface area contributed by atoms with E-state index in [2.05, 4.69) is 0 Å². The fraction of sp³-hybridized carbons (Fsp3) is 0.125. The van der Waals surface area contributed by atoms with Gasteiger partial charge in [-0.1, -0.05) is 46.9 Å². The molecule has 0 unspecified atom stereocenters. The summed E-state index contributed by atoms with van der Waals surface area (Å²) in [6.45, 7) is 0. The van der Waals surface area contributed by atoms with Crippen LogP contribution in [0.25, 0.3) is 0 Å². The number of alkyl halides is 2. The number of halogens is 3. The van der Waals surface area contributed by atoms with Gasteiger partial charge in [-0.25, -0.2) is 4.79 Å². The molecule has 0 heterocycles. The first-order valence-corrected chi connectivity index (χ1v) is 4.45. The Morgan fingerprint density at radius 2 is 1.69 bits per heavy atom. The van der Waals surface area contributed by atoms with E-state index >= 15 is 0 Å². The minimum atomic E-state index is -1.91. The van der Waals surface area contributed by atoms with Gasteiger partial charge >= 0.3 is 5.97 Å². The van der Waals surface area contributed by atoms with E-state index in [1.54, 1.807) is 0 Å². The van der Waals surface area contributed by atoms with Crippen LogP contribution in [0, 0.1) is 0 Å². The number of carboxylic acids is 1. The van der Waals surface area contributed by atoms with Gasteiger partial charge < -0.3 is 5.11 Å². The lowest BCUT2D eigenvalue weighted by molar-refractivity contribution is -0.138. The summed E-state index contributed by atoms with van der Waals surface area (Å²) in [7, 11) is 0. The molecule has 1 N–H and O–H groups in total. The molecule has 0 aliphatic rings. The highest BCUT2D eigenvalue weighted by Gasteiger charge is 2.35. The third-order valence-electron chi connectivity index (χ3n) is 1.48. The second-order valence-corrected chi connectivity index (χ2v) is 4.15. The van der Waals surface area contributed by atoms with E-state index in [9.17, 15) is 4.79 Å². The van der Waals surface area contributed by atoms with Crippen LogP contribution in [0.1, 0.15) is 5.56 Å². The highest BCUT2D eigenvalue weighted by atomic mass is 35.5. The van der Waals surface area contributed by atoms with E-state index in [0.29, 0.717) is 5.02 Å². The average molecular weight is 239 g/mol. The Morgan fingerprint density at radius 3 is 2.08 bits per heavy atom. The van der Waals surface area contributed by atoms with Crippen molar-refractivity contribution in [2.24, 2.45) is 0 Å². The molecule has 0 atom stereocenters.